The van der Waals surface area contributed by atoms with Crippen LogP contribution in [0.2, 0.25) is 10.0 Å². The van der Waals surface area contributed by atoms with Gasteiger partial charge in [0.05, 0.1) is 11.6 Å². The van der Waals surface area contributed by atoms with E-state index in [2.05, 4.69) is 31.0 Å². The van der Waals surface area contributed by atoms with Crippen molar-refractivity contribution in [3.63, 3.8) is 0 Å². The van der Waals surface area contributed by atoms with Crippen LogP contribution in [0.25, 0.3) is 5.76 Å². The number of hydrogen-bond acceptors (Lipinski definition) is 7. The average molecular weight is 639 g/mol. The van der Waals surface area contributed by atoms with Crippen LogP contribution in [0.15, 0.2) is 70.6 Å². The molecular weight excluding hydrogens is 609 g/mol. The highest BCUT2D eigenvalue weighted by atomic mass is 35.5. The Hall–Kier alpha value is -3.17. The Kier molecular flexibility index (Phi) is 8.54. The fourth-order valence-electron chi connectivity index (χ4n) is 4.78. The number of rotatable bonds is 6. The van der Waals surface area contributed by atoms with Gasteiger partial charge in [0.15, 0.2) is 4.34 Å². The number of benzene rings is 3. The molecule has 0 radical (unpaired) electrons. The Bertz CT molecular complexity index is 1730. The van der Waals surface area contributed by atoms with Crippen LogP contribution in [0, 0.1) is 13.8 Å². The summed E-state index contributed by atoms with van der Waals surface area (Å²) in [7, 11) is 0. The number of Topliss-reactive ketones (excluding diaryl/α,β-unsaturated/α-hetero) is 1. The molecule has 5 rings (SSSR count). The van der Waals surface area contributed by atoms with Gasteiger partial charge in [0, 0.05) is 21.4 Å². The number of ketones is 1. The van der Waals surface area contributed by atoms with Crippen LogP contribution >= 0.6 is 46.3 Å². The van der Waals surface area contributed by atoms with Gasteiger partial charge in [0.25, 0.3) is 5.78 Å². The molecule has 1 N–H and O–H groups in total. The second kappa shape index (κ2) is 11.8. The van der Waals surface area contributed by atoms with E-state index in [1.807, 2.05) is 62.4 Å². The van der Waals surface area contributed by atoms with E-state index in [-0.39, 0.29) is 21.9 Å². The number of aromatic nitrogens is 2. The van der Waals surface area contributed by atoms with Gasteiger partial charge in [-0.2, -0.15) is 0 Å². The van der Waals surface area contributed by atoms with Crippen LogP contribution in [0.1, 0.15) is 60.2 Å². The summed E-state index contributed by atoms with van der Waals surface area (Å²) in [6.45, 7) is 10.1. The van der Waals surface area contributed by atoms with Crippen molar-refractivity contribution in [2.24, 2.45) is 0 Å². The van der Waals surface area contributed by atoms with E-state index in [1.54, 1.807) is 12.1 Å². The van der Waals surface area contributed by atoms with Gasteiger partial charge in [0.2, 0.25) is 5.13 Å². The first-order valence-corrected chi connectivity index (χ1v) is 15.8. The van der Waals surface area contributed by atoms with Gasteiger partial charge in [-0.05, 0) is 59.7 Å². The van der Waals surface area contributed by atoms with E-state index in [0.717, 1.165) is 22.3 Å². The predicted octanol–water partition coefficient (Wildman–Crippen LogP) is 8.68. The number of thioether (sulfide) groups is 1. The van der Waals surface area contributed by atoms with Crippen LogP contribution in [0.4, 0.5) is 5.13 Å². The number of hydrogen-bond donors (Lipinski definition) is 1. The Balaban J connectivity index is 1.57. The number of carbonyl (C=O) groups excluding carboxylic acids is 2. The van der Waals surface area contributed by atoms with E-state index >= 15 is 0 Å². The molecule has 1 fully saturated rings. The van der Waals surface area contributed by atoms with E-state index in [9.17, 15) is 14.7 Å². The van der Waals surface area contributed by atoms with Crippen molar-refractivity contribution in [3.05, 3.63) is 110 Å². The lowest BCUT2D eigenvalue weighted by molar-refractivity contribution is -0.132. The molecule has 0 bridgehead atoms. The Morgan fingerprint density at radius 2 is 1.71 bits per heavy atom. The zero-order valence-electron chi connectivity index (χ0n) is 23.7. The van der Waals surface area contributed by atoms with Crippen molar-refractivity contribution in [1.82, 2.24) is 10.2 Å². The Morgan fingerprint density at radius 3 is 2.38 bits per heavy atom. The Labute approximate surface area is 263 Å². The summed E-state index contributed by atoms with van der Waals surface area (Å²) in [4.78, 5) is 28.6. The molecule has 6 nitrogen and oxygen atoms in total. The quantitative estimate of drug-likeness (QED) is 0.0748. The summed E-state index contributed by atoms with van der Waals surface area (Å²) in [6, 6.07) is 17.9. The highest BCUT2D eigenvalue weighted by Gasteiger charge is 2.48. The minimum absolute atomic E-state index is 0.0227. The molecule has 3 aromatic carbocycles. The lowest BCUT2D eigenvalue weighted by Gasteiger charge is -2.24. The zero-order chi connectivity index (χ0) is 30.3. The summed E-state index contributed by atoms with van der Waals surface area (Å²) in [6.07, 6.45) is 0. The van der Waals surface area contributed by atoms with Crippen LogP contribution in [0.5, 0.6) is 0 Å². The molecule has 1 aliphatic rings. The maximum absolute atomic E-state index is 13.6. The maximum atomic E-state index is 13.6. The molecule has 2 heterocycles. The summed E-state index contributed by atoms with van der Waals surface area (Å²) in [5.41, 5.74) is 4.84. The highest BCUT2D eigenvalue weighted by molar-refractivity contribution is 8.00. The lowest BCUT2D eigenvalue weighted by Crippen LogP contribution is -2.29. The topological polar surface area (TPSA) is 83.4 Å². The van der Waals surface area contributed by atoms with Crippen LogP contribution in [-0.2, 0) is 20.8 Å². The third-order valence-corrected chi connectivity index (χ3v) is 9.84. The largest absolute Gasteiger partial charge is 0.507 e. The van der Waals surface area contributed by atoms with Gasteiger partial charge in [-0.15, -0.1) is 10.2 Å². The number of anilines is 1. The molecule has 1 aliphatic heterocycles. The molecule has 0 spiro atoms. The SMILES string of the molecule is Cc1ccc(C)c(/C(O)=C2\C(=O)C(=O)N(c3nnc(SCc4ccc(Cl)cc4Cl)s3)C2c2ccc(C(C)(C)C)cc2)c1. The number of carbonyl (C=O) groups is 2. The molecule has 0 saturated carbocycles. The van der Waals surface area contributed by atoms with Gasteiger partial charge >= 0.3 is 5.91 Å². The molecule has 1 aromatic heterocycles. The third kappa shape index (κ3) is 5.99. The first-order valence-electron chi connectivity index (χ1n) is 13.2. The zero-order valence-corrected chi connectivity index (χ0v) is 26.9. The number of halogens is 2. The first kappa shape index (κ1) is 30.3. The van der Waals surface area contributed by atoms with Crippen molar-refractivity contribution in [3.8, 4) is 0 Å². The third-order valence-electron chi connectivity index (χ3n) is 7.15. The average Bonchev–Trinajstić information content (AvgIpc) is 3.50. The molecule has 10 heteroatoms. The molecule has 1 unspecified atom stereocenters. The molecule has 1 amide bonds. The molecule has 4 aromatic rings. The van der Waals surface area contributed by atoms with Crippen LogP contribution < -0.4 is 4.90 Å². The monoisotopic (exact) mass is 637 g/mol. The van der Waals surface area contributed by atoms with E-state index < -0.39 is 17.7 Å². The molecular formula is C32H29Cl2N3O3S2. The second-order valence-corrected chi connectivity index (χ2v) is 14.3. The summed E-state index contributed by atoms with van der Waals surface area (Å²) < 4.78 is 0.606. The van der Waals surface area contributed by atoms with Gasteiger partial charge in [-0.25, -0.2) is 0 Å². The maximum Gasteiger partial charge on any atom is 0.301 e. The molecule has 216 valence electrons. The van der Waals surface area contributed by atoms with Crippen molar-refractivity contribution >= 4 is 68.9 Å². The number of amides is 1. The molecule has 0 aliphatic carbocycles. The first-order chi connectivity index (χ1) is 19.8. The summed E-state index contributed by atoms with van der Waals surface area (Å²) >= 11 is 15.0. The molecule has 1 atom stereocenters. The smallest absolute Gasteiger partial charge is 0.301 e. The summed E-state index contributed by atoms with van der Waals surface area (Å²) in [5, 5.41) is 21.5. The standard InChI is InChI=1S/C32H29Cl2N3O3S2/c1-17-6-7-18(2)23(14-17)27(38)25-26(19-8-11-21(12-9-19)32(3,4)5)37(29(40)28(25)39)30-35-36-31(42-30)41-16-20-10-13-22(33)15-24(20)34/h6-15,26,38H,16H2,1-5H3/b27-25+. The number of aliphatic hydroxyl groups excluding tert-OH is 1. The minimum atomic E-state index is -0.879. The number of aryl methyl sites for hydroxylation is 2. The second-order valence-electron chi connectivity index (χ2n) is 11.2. The lowest BCUT2D eigenvalue weighted by atomic mass is 9.85. The van der Waals surface area contributed by atoms with Crippen molar-refractivity contribution in [2.45, 2.75) is 56.2 Å². The number of nitrogens with zero attached hydrogens (tertiary/aromatic N) is 3. The molecule has 42 heavy (non-hydrogen) atoms. The molecule has 1 saturated heterocycles. The fraction of sp³-hybridized carbons (Fsp3) is 0.250. The van der Waals surface area contributed by atoms with E-state index in [0.29, 0.717) is 31.3 Å². The van der Waals surface area contributed by atoms with Crippen LogP contribution in [0.3, 0.4) is 0 Å². The van der Waals surface area contributed by atoms with Crippen molar-refractivity contribution in [1.29, 1.82) is 0 Å². The Morgan fingerprint density at radius 1 is 1.00 bits per heavy atom. The van der Waals surface area contributed by atoms with Gasteiger partial charge < -0.3 is 5.11 Å². The van der Waals surface area contributed by atoms with Gasteiger partial charge in [-0.3, -0.25) is 14.5 Å². The van der Waals surface area contributed by atoms with Gasteiger partial charge in [0.1, 0.15) is 5.76 Å². The van der Waals surface area contributed by atoms with Crippen molar-refractivity contribution < 1.29 is 14.7 Å². The van der Waals surface area contributed by atoms with E-state index in [1.165, 1.54) is 28.0 Å². The minimum Gasteiger partial charge on any atom is -0.507 e. The summed E-state index contributed by atoms with van der Waals surface area (Å²) in [5.74, 6) is -1.22. The highest BCUT2D eigenvalue weighted by Crippen LogP contribution is 2.45. The van der Waals surface area contributed by atoms with Crippen molar-refractivity contribution in [2.75, 3.05) is 4.90 Å². The normalized spacial score (nSPS) is 16.8. The van der Waals surface area contributed by atoms with Gasteiger partial charge in [-0.1, -0.05) is 115 Å². The predicted molar refractivity (Wildman–Crippen MR) is 172 cm³/mol. The fourth-order valence-corrected chi connectivity index (χ4v) is 7.21. The van der Waals surface area contributed by atoms with Crippen LogP contribution in [-0.4, -0.2) is 27.0 Å². The van der Waals surface area contributed by atoms with E-state index in [4.69, 9.17) is 23.2 Å². The number of aliphatic hydroxyl groups is 1.